The van der Waals surface area contributed by atoms with Crippen molar-refractivity contribution in [3.63, 3.8) is 0 Å². The van der Waals surface area contributed by atoms with Crippen LogP contribution < -0.4 is 9.47 Å². The lowest BCUT2D eigenvalue weighted by molar-refractivity contribution is -0.137. The van der Waals surface area contributed by atoms with Gasteiger partial charge in [0.2, 0.25) is 0 Å². The van der Waals surface area contributed by atoms with Crippen molar-refractivity contribution >= 4 is 12.0 Å². The maximum absolute atomic E-state index is 11.5. The summed E-state index contributed by atoms with van der Waals surface area (Å²) in [6.45, 7) is 7.75. The summed E-state index contributed by atoms with van der Waals surface area (Å²) in [5.41, 5.74) is 0.844. The van der Waals surface area contributed by atoms with Crippen LogP contribution in [0.4, 0.5) is 0 Å². The van der Waals surface area contributed by atoms with Gasteiger partial charge >= 0.3 is 5.97 Å². The zero-order chi connectivity index (χ0) is 16.9. The van der Waals surface area contributed by atoms with Gasteiger partial charge in [0.05, 0.1) is 19.8 Å². The third-order valence-corrected chi connectivity index (χ3v) is 3.19. The quantitative estimate of drug-likeness (QED) is 0.339. The zero-order valence-electron chi connectivity index (χ0n) is 14.5. The number of hydrogen-bond donors (Lipinski definition) is 0. The van der Waals surface area contributed by atoms with E-state index < -0.39 is 0 Å². The topological polar surface area (TPSA) is 44.8 Å². The van der Waals surface area contributed by atoms with Crippen LogP contribution in [0.5, 0.6) is 11.5 Å². The average Bonchev–Trinajstić information content (AvgIpc) is 2.55. The molecule has 0 aromatic heterocycles. The molecule has 0 aliphatic carbocycles. The summed E-state index contributed by atoms with van der Waals surface area (Å²) >= 11 is 0. The molecule has 0 spiro atoms. The van der Waals surface area contributed by atoms with Crippen LogP contribution in [-0.4, -0.2) is 25.8 Å². The molecule has 4 nitrogen and oxygen atoms in total. The molecule has 0 N–H and O–H groups in total. The number of esters is 1. The fourth-order valence-electron chi connectivity index (χ4n) is 1.88. The van der Waals surface area contributed by atoms with E-state index in [2.05, 4.69) is 13.8 Å². The van der Waals surface area contributed by atoms with E-state index in [1.807, 2.05) is 18.2 Å². The normalized spacial score (nSPS) is 10.7. The molecule has 4 heteroatoms. The van der Waals surface area contributed by atoms with Crippen LogP contribution in [0.3, 0.4) is 0 Å². The molecule has 0 heterocycles. The minimum absolute atomic E-state index is 0.352. The molecule has 0 atom stereocenters. The molecule has 1 rings (SSSR count). The van der Waals surface area contributed by atoms with Gasteiger partial charge in [0, 0.05) is 17.7 Å². The number of carbonyl (C=O) groups excluding carboxylic acids is 1. The van der Waals surface area contributed by atoms with E-state index in [1.165, 1.54) is 6.08 Å². The van der Waals surface area contributed by atoms with Crippen molar-refractivity contribution in [1.82, 2.24) is 0 Å². The summed E-state index contributed by atoms with van der Waals surface area (Å²) in [4.78, 5) is 11.5. The van der Waals surface area contributed by atoms with Crippen LogP contribution in [0.2, 0.25) is 0 Å². The molecule has 0 amide bonds. The molecule has 23 heavy (non-hydrogen) atoms. The number of unbranched alkanes of at least 4 members (excludes halogenated alkanes) is 2. The first-order valence-corrected chi connectivity index (χ1v) is 8.45. The van der Waals surface area contributed by atoms with Gasteiger partial charge in [0.15, 0.2) is 0 Å². The van der Waals surface area contributed by atoms with E-state index in [4.69, 9.17) is 14.2 Å². The van der Waals surface area contributed by atoms with Crippen molar-refractivity contribution in [3.8, 4) is 11.5 Å². The fourth-order valence-corrected chi connectivity index (χ4v) is 1.88. The first kappa shape index (κ1) is 19.1. The lowest BCUT2D eigenvalue weighted by Gasteiger charge is -2.12. The number of ether oxygens (including phenoxy) is 3. The second-order valence-electron chi connectivity index (χ2n) is 5.19. The van der Waals surface area contributed by atoms with Crippen LogP contribution in [0.1, 0.15) is 52.0 Å². The van der Waals surface area contributed by atoms with Crippen molar-refractivity contribution < 1.29 is 19.0 Å². The Labute approximate surface area is 139 Å². The molecule has 0 aliphatic heterocycles. The van der Waals surface area contributed by atoms with Gasteiger partial charge in [-0.15, -0.1) is 0 Å². The summed E-state index contributed by atoms with van der Waals surface area (Å²) in [5.74, 6) is 1.17. The predicted molar refractivity (Wildman–Crippen MR) is 92.9 cm³/mol. The van der Waals surface area contributed by atoms with Crippen molar-refractivity contribution in [3.05, 3.63) is 29.8 Å². The highest BCUT2D eigenvalue weighted by Gasteiger charge is 2.05. The number of rotatable bonds is 11. The molecule has 0 fully saturated rings. The highest BCUT2D eigenvalue weighted by molar-refractivity contribution is 5.87. The summed E-state index contributed by atoms with van der Waals surface area (Å²) in [6.07, 6.45) is 7.32. The fraction of sp³-hybridized carbons (Fsp3) is 0.526. The average molecular weight is 320 g/mol. The molecular weight excluding hydrogens is 292 g/mol. The first-order chi connectivity index (χ1) is 11.2. The lowest BCUT2D eigenvalue weighted by Crippen LogP contribution is -2.01. The molecule has 0 unspecified atom stereocenters. The Bertz CT molecular complexity index is 494. The molecule has 0 aliphatic rings. The van der Waals surface area contributed by atoms with Gasteiger partial charge in [-0.1, -0.05) is 26.7 Å². The van der Waals surface area contributed by atoms with Gasteiger partial charge < -0.3 is 14.2 Å². The van der Waals surface area contributed by atoms with E-state index in [9.17, 15) is 4.79 Å². The molecule has 0 saturated heterocycles. The van der Waals surface area contributed by atoms with Gasteiger partial charge in [-0.3, -0.25) is 0 Å². The van der Waals surface area contributed by atoms with Gasteiger partial charge in [-0.05, 0) is 38.0 Å². The van der Waals surface area contributed by atoms with Crippen molar-refractivity contribution in [2.45, 2.75) is 46.5 Å². The van der Waals surface area contributed by atoms with Crippen LogP contribution in [-0.2, 0) is 9.53 Å². The molecular formula is C19H28O4. The van der Waals surface area contributed by atoms with Gasteiger partial charge in [-0.25, -0.2) is 4.79 Å². The monoisotopic (exact) mass is 320 g/mol. The summed E-state index contributed by atoms with van der Waals surface area (Å²) in [7, 11) is 0. The largest absolute Gasteiger partial charge is 0.493 e. The maximum atomic E-state index is 11.5. The second kappa shape index (κ2) is 11.6. The smallest absolute Gasteiger partial charge is 0.330 e. The van der Waals surface area contributed by atoms with Crippen molar-refractivity contribution in [2.24, 2.45) is 0 Å². The van der Waals surface area contributed by atoms with Crippen LogP contribution in [0, 0.1) is 0 Å². The Morgan fingerprint density at radius 3 is 2.39 bits per heavy atom. The third-order valence-electron chi connectivity index (χ3n) is 3.19. The van der Waals surface area contributed by atoms with Crippen molar-refractivity contribution in [2.75, 3.05) is 19.8 Å². The van der Waals surface area contributed by atoms with E-state index in [0.29, 0.717) is 19.8 Å². The maximum Gasteiger partial charge on any atom is 0.330 e. The minimum Gasteiger partial charge on any atom is -0.493 e. The lowest BCUT2D eigenvalue weighted by atomic mass is 10.1. The van der Waals surface area contributed by atoms with E-state index >= 15 is 0 Å². The van der Waals surface area contributed by atoms with Gasteiger partial charge in [0.1, 0.15) is 11.5 Å². The molecule has 1 aromatic rings. The van der Waals surface area contributed by atoms with E-state index in [-0.39, 0.29) is 5.97 Å². The number of carbonyl (C=O) groups is 1. The number of benzene rings is 1. The van der Waals surface area contributed by atoms with Gasteiger partial charge in [-0.2, -0.15) is 0 Å². The van der Waals surface area contributed by atoms with E-state index in [0.717, 1.165) is 42.7 Å². The van der Waals surface area contributed by atoms with Crippen molar-refractivity contribution in [1.29, 1.82) is 0 Å². The highest BCUT2D eigenvalue weighted by atomic mass is 16.5. The summed E-state index contributed by atoms with van der Waals surface area (Å²) in [6, 6.07) is 5.68. The molecule has 1 aromatic carbocycles. The first-order valence-electron chi connectivity index (χ1n) is 8.45. The standard InChI is InChI=1S/C19H28O4/c1-4-7-13-22-17-11-9-16(10-12-19(20)21-6-3)18(15-17)23-14-8-5-2/h9-12,15H,4-8,13-14H2,1-3H3/b12-10+. The van der Waals surface area contributed by atoms with Gasteiger partial charge in [0.25, 0.3) is 0 Å². The Morgan fingerprint density at radius 2 is 1.74 bits per heavy atom. The minimum atomic E-state index is -0.352. The molecule has 0 saturated carbocycles. The third kappa shape index (κ3) is 7.73. The molecule has 0 bridgehead atoms. The number of hydrogen-bond acceptors (Lipinski definition) is 4. The van der Waals surface area contributed by atoms with E-state index in [1.54, 1.807) is 13.0 Å². The molecule has 128 valence electrons. The molecule has 0 radical (unpaired) electrons. The summed E-state index contributed by atoms with van der Waals surface area (Å²) < 4.78 is 16.5. The Balaban J connectivity index is 2.82. The Hall–Kier alpha value is -1.97. The Morgan fingerprint density at radius 1 is 1.04 bits per heavy atom. The SMILES string of the molecule is CCCCOc1ccc(/C=C/C(=O)OCC)c(OCCCC)c1. The predicted octanol–water partition coefficient (Wildman–Crippen LogP) is 4.62. The Kier molecular flexibility index (Phi) is 9.60. The highest BCUT2D eigenvalue weighted by Crippen LogP contribution is 2.26. The second-order valence-corrected chi connectivity index (χ2v) is 5.19. The van der Waals surface area contributed by atoms with Crippen LogP contribution >= 0.6 is 0 Å². The van der Waals surface area contributed by atoms with Crippen LogP contribution in [0.25, 0.3) is 6.08 Å². The zero-order valence-corrected chi connectivity index (χ0v) is 14.5. The summed E-state index contributed by atoms with van der Waals surface area (Å²) in [5, 5.41) is 0. The van der Waals surface area contributed by atoms with Crippen LogP contribution in [0.15, 0.2) is 24.3 Å².